The number of rotatable bonds is 12. The highest BCUT2D eigenvalue weighted by Crippen LogP contribution is 2.34. The van der Waals surface area contributed by atoms with Crippen LogP contribution in [-0.2, 0) is 9.59 Å². The van der Waals surface area contributed by atoms with Crippen molar-refractivity contribution >= 4 is 34.6 Å². The minimum absolute atomic E-state index is 0.0129. The lowest BCUT2D eigenvalue weighted by Gasteiger charge is -2.30. The first-order valence-corrected chi connectivity index (χ1v) is 20.6. The number of allylic oxidation sites excluding steroid dienone is 1. The number of hydrogen-bond donors (Lipinski definition) is 3. The van der Waals surface area contributed by atoms with Crippen LogP contribution < -0.4 is 26.3 Å². The first-order chi connectivity index (χ1) is 30.5. The maximum absolute atomic E-state index is 12.0. The monoisotopic (exact) mass is 870 g/mol. The van der Waals surface area contributed by atoms with Gasteiger partial charge >= 0.3 is 0 Å². The number of piperidine rings is 2. The van der Waals surface area contributed by atoms with E-state index in [0.29, 0.717) is 53.3 Å². The lowest BCUT2D eigenvalue weighted by Crippen LogP contribution is -2.38. The lowest BCUT2D eigenvalue weighted by molar-refractivity contribution is -0.127. The number of amides is 3. The van der Waals surface area contributed by atoms with Crippen LogP contribution >= 0.6 is 11.6 Å². The van der Waals surface area contributed by atoms with Crippen molar-refractivity contribution < 1.29 is 37.5 Å². The van der Waals surface area contributed by atoms with E-state index in [1.807, 2.05) is 84.9 Å². The molecule has 3 amide bonds. The van der Waals surface area contributed by atoms with Crippen molar-refractivity contribution in [1.82, 2.24) is 20.2 Å². The van der Waals surface area contributed by atoms with E-state index in [1.165, 1.54) is 6.08 Å². The number of ether oxygens (including phenoxy) is 2. The molecular formula is C48H47ClN6O8. The molecule has 2 aliphatic rings. The number of carbonyl (C=O) groups is 4. The number of hydrogen-bond acceptors (Lipinski definition) is 11. The Morgan fingerprint density at radius 3 is 1.52 bits per heavy atom. The third-order valence-corrected chi connectivity index (χ3v) is 10.2. The maximum atomic E-state index is 12.0. The molecule has 2 aliphatic heterocycles. The number of halogens is 1. The van der Waals surface area contributed by atoms with Crippen LogP contribution in [0.4, 0.5) is 0 Å². The molecule has 8 rings (SSSR count). The van der Waals surface area contributed by atoms with E-state index in [1.54, 1.807) is 29.2 Å². The summed E-state index contributed by atoms with van der Waals surface area (Å²) in [5.74, 6) is 2.57. The number of carbonyl (C=O) groups excluding carboxylic acids is 4. The molecule has 2 fully saturated rings. The highest BCUT2D eigenvalue weighted by Gasteiger charge is 2.30. The van der Waals surface area contributed by atoms with Crippen molar-refractivity contribution in [2.45, 2.75) is 37.5 Å². The first-order valence-electron chi connectivity index (χ1n) is 20.2. The third-order valence-electron chi connectivity index (χ3n) is 10.0. The van der Waals surface area contributed by atoms with Crippen molar-refractivity contribution in [3.8, 4) is 45.5 Å². The second-order valence-electron chi connectivity index (χ2n) is 14.4. The molecule has 5 N–H and O–H groups in total. The smallest absolute Gasteiger partial charge is 0.286 e. The first kappa shape index (κ1) is 45.2. The zero-order valence-corrected chi connectivity index (χ0v) is 35.2. The van der Waals surface area contributed by atoms with Gasteiger partial charge in [0.1, 0.15) is 34.4 Å². The number of para-hydroxylation sites is 2. The molecule has 63 heavy (non-hydrogen) atoms. The molecule has 324 valence electrons. The molecule has 0 radical (unpaired) electrons. The summed E-state index contributed by atoms with van der Waals surface area (Å²) in [7, 11) is 0. The van der Waals surface area contributed by atoms with Gasteiger partial charge in [0, 0.05) is 36.7 Å². The maximum Gasteiger partial charge on any atom is 0.286 e. The molecule has 0 spiro atoms. The molecule has 2 saturated heterocycles. The van der Waals surface area contributed by atoms with E-state index < -0.39 is 17.1 Å². The molecule has 0 saturated carbocycles. The van der Waals surface area contributed by atoms with Gasteiger partial charge in [-0.25, -0.2) is 9.97 Å². The van der Waals surface area contributed by atoms with E-state index in [0.717, 1.165) is 61.9 Å². The second-order valence-corrected chi connectivity index (χ2v) is 14.8. The Morgan fingerprint density at radius 1 is 0.667 bits per heavy atom. The topological polar surface area (TPSA) is 206 Å². The Morgan fingerprint density at radius 2 is 1.11 bits per heavy atom. The van der Waals surface area contributed by atoms with Gasteiger partial charge in [0.2, 0.25) is 28.6 Å². The van der Waals surface area contributed by atoms with Gasteiger partial charge in [0.15, 0.2) is 5.89 Å². The Hall–Kier alpha value is -7.29. The van der Waals surface area contributed by atoms with E-state index in [9.17, 15) is 19.2 Å². The number of nitrogens with two attached hydrogens (primary N) is 2. The SMILES string of the molecule is C=CC(=O)Cl.C=CC(=O)N1CCCC(c2nc(-c3ccc(Oc4ccccc4)cc3)c(C(N)=O)o2)C1.NC(=O)c1oc(C2CCCNC2)nc1-c1ccc(Oc2ccccc2)cc1. The number of primary amides is 2. The number of likely N-dealkylation sites (tertiary alicyclic amines) is 1. The Bertz CT molecular complexity index is 2500. The van der Waals surface area contributed by atoms with E-state index in [2.05, 4.69) is 28.4 Å². The highest BCUT2D eigenvalue weighted by molar-refractivity contribution is 6.66. The molecule has 0 bridgehead atoms. The van der Waals surface area contributed by atoms with Crippen LogP contribution in [0.15, 0.2) is 143 Å². The standard InChI is InChI=1S/C24H23N3O4.C21H21N3O3.C3H3ClO/c1-2-20(28)27-14-6-7-17(15-27)24-26-21(22(31-24)23(25)29)16-10-12-19(13-11-16)30-18-8-4-3-5-9-18;22-20(25)19-18(24-21(27-19)15-5-4-12-23-13-15)14-8-10-17(11-9-14)26-16-6-2-1-3-7-16;1-2-3(4)5/h2-5,8-13,17H,1,6-7,14-15H2,(H2,25,29);1-3,6-11,15,23H,4-5,12-13H2,(H2,22,25);2H,1H2. The van der Waals surface area contributed by atoms with Gasteiger partial charge in [0.05, 0.1) is 5.92 Å². The number of nitrogens with zero attached hydrogens (tertiary/aromatic N) is 3. The molecule has 0 aliphatic carbocycles. The fourth-order valence-corrected chi connectivity index (χ4v) is 6.93. The average Bonchev–Trinajstić information content (AvgIpc) is 3.98. The van der Waals surface area contributed by atoms with Gasteiger partial charge in [0.25, 0.3) is 11.8 Å². The Kier molecular flexibility index (Phi) is 15.8. The fraction of sp³-hybridized carbons (Fsp3) is 0.208. The normalized spacial score (nSPS) is 15.6. The summed E-state index contributed by atoms with van der Waals surface area (Å²) < 4.78 is 23.1. The van der Waals surface area contributed by atoms with Crippen molar-refractivity contribution in [1.29, 1.82) is 0 Å². The minimum atomic E-state index is -0.687. The van der Waals surface area contributed by atoms with Gasteiger partial charge in [-0.1, -0.05) is 49.6 Å². The second kappa shape index (κ2) is 22.0. The molecule has 2 atom stereocenters. The fourth-order valence-electron chi connectivity index (χ4n) is 6.93. The predicted octanol–water partition coefficient (Wildman–Crippen LogP) is 8.76. The third kappa shape index (κ3) is 12.4. The van der Waals surface area contributed by atoms with Crippen molar-refractivity contribution in [3.05, 3.63) is 158 Å². The molecule has 15 heteroatoms. The zero-order valence-electron chi connectivity index (χ0n) is 34.4. The number of benzene rings is 4. The summed E-state index contributed by atoms with van der Waals surface area (Å²) in [6.07, 6.45) is 6.01. The summed E-state index contributed by atoms with van der Waals surface area (Å²) in [6.45, 7) is 9.55. The molecule has 2 aromatic heterocycles. The molecule has 6 aromatic rings. The molecule has 4 aromatic carbocycles. The van der Waals surface area contributed by atoms with Crippen LogP contribution in [-0.4, -0.2) is 64.0 Å². The van der Waals surface area contributed by atoms with Gasteiger partial charge in [-0.3, -0.25) is 19.2 Å². The van der Waals surface area contributed by atoms with Gasteiger partial charge in [-0.05, 0) is 129 Å². The predicted molar refractivity (Wildman–Crippen MR) is 239 cm³/mol. The van der Waals surface area contributed by atoms with Crippen LogP contribution in [0.3, 0.4) is 0 Å². The van der Waals surface area contributed by atoms with Crippen molar-refractivity contribution in [3.63, 3.8) is 0 Å². The molecular weight excluding hydrogens is 824 g/mol. The Labute approximate surface area is 369 Å². The van der Waals surface area contributed by atoms with Crippen LogP contribution in [0, 0.1) is 0 Å². The minimum Gasteiger partial charge on any atom is -0.457 e. The number of oxazole rings is 2. The summed E-state index contributed by atoms with van der Waals surface area (Å²) in [6, 6.07) is 33.6. The molecule has 2 unspecified atom stereocenters. The van der Waals surface area contributed by atoms with Crippen LogP contribution in [0.25, 0.3) is 22.5 Å². The van der Waals surface area contributed by atoms with Gasteiger partial charge in [-0.15, -0.1) is 0 Å². The lowest BCUT2D eigenvalue weighted by atomic mass is 9.98. The van der Waals surface area contributed by atoms with Crippen LogP contribution in [0.5, 0.6) is 23.0 Å². The summed E-state index contributed by atoms with van der Waals surface area (Å²) in [5.41, 5.74) is 13.4. The number of nitrogens with one attached hydrogen (secondary N) is 1. The van der Waals surface area contributed by atoms with Gasteiger partial charge in [-0.2, -0.15) is 0 Å². The number of aromatic nitrogens is 2. The molecule has 4 heterocycles. The van der Waals surface area contributed by atoms with Crippen molar-refractivity contribution in [2.75, 3.05) is 26.2 Å². The summed E-state index contributed by atoms with van der Waals surface area (Å²) >= 11 is 4.71. The summed E-state index contributed by atoms with van der Waals surface area (Å²) in [4.78, 5) is 56.2. The van der Waals surface area contributed by atoms with Crippen LogP contribution in [0.1, 0.15) is 70.4 Å². The van der Waals surface area contributed by atoms with Crippen LogP contribution in [0.2, 0.25) is 0 Å². The van der Waals surface area contributed by atoms with Gasteiger partial charge < -0.3 is 40.0 Å². The van der Waals surface area contributed by atoms with E-state index >= 15 is 0 Å². The zero-order chi connectivity index (χ0) is 44.7. The average molecular weight is 871 g/mol. The summed E-state index contributed by atoms with van der Waals surface area (Å²) in [5, 5.41) is 2.82. The molecule has 14 nitrogen and oxygen atoms in total. The quantitative estimate of drug-likeness (QED) is 0.0783. The van der Waals surface area contributed by atoms with E-state index in [-0.39, 0.29) is 29.3 Å². The highest BCUT2D eigenvalue weighted by atomic mass is 35.5. The largest absolute Gasteiger partial charge is 0.457 e. The van der Waals surface area contributed by atoms with E-state index in [4.69, 9.17) is 41.4 Å². The Balaban J connectivity index is 0.000000191. The van der Waals surface area contributed by atoms with Crippen molar-refractivity contribution in [2.24, 2.45) is 11.5 Å².